The van der Waals surface area contributed by atoms with Gasteiger partial charge in [-0.3, -0.25) is 0 Å². The fourth-order valence-corrected chi connectivity index (χ4v) is 4.01. The number of unbranched alkanes of at least 4 members (excludes halogenated alkanes) is 2. The van der Waals surface area contributed by atoms with E-state index in [0.717, 1.165) is 12.5 Å². The lowest BCUT2D eigenvalue weighted by atomic mass is 10.2. The van der Waals surface area contributed by atoms with Crippen molar-refractivity contribution in [2.24, 2.45) is 0 Å². The fourth-order valence-electron chi connectivity index (χ4n) is 1.63. The highest BCUT2D eigenvalue weighted by Crippen LogP contribution is 2.17. The van der Waals surface area contributed by atoms with Crippen LogP contribution >= 0.6 is 0 Å². The molecule has 0 saturated carbocycles. The van der Waals surface area contributed by atoms with Gasteiger partial charge in [0, 0.05) is 25.9 Å². The lowest BCUT2D eigenvalue weighted by Gasteiger charge is -2.27. The lowest BCUT2D eigenvalue weighted by molar-refractivity contribution is 0.0742. The molecule has 0 spiro atoms. The van der Waals surface area contributed by atoms with Crippen LogP contribution < -0.4 is 0 Å². The number of hydrogen-bond acceptors (Lipinski definition) is 3. The molecular weight excluding hydrogens is 232 g/mol. The number of hydrogen-bond donors (Lipinski definition) is 0. The summed E-state index contributed by atoms with van der Waals surface area (Å²) < 4.78 is 17.3. The first-order chi connectivity index (χ1) is 8.24. The molecule has 0 rings (SSSR count). The molecule has 0 aliphatic heterocycles. The summed E-state index contributed by atoms with van der Waals surface area (Å²) in [4.78, 5) is 0. The van der Waals surface area contributed by atoms with Crippen molar-refractivity contribution in [3.05, 3.63) is 12.2 Å². The zero-order chi connectivity index (χ0) is 13.0. The first-order valence-corrected chi connectivity index (χ1v) is 8.74. The van der Waals surface area contributed by atoms with Crippen LogP contribution in [0.25, 0.3) is 0 Å². The van der Waals surface area contributed by atoms with Crippen molar-refractivity contribution in [2.75, 3.05) is 19.8 Å². The SMILES string of the molecule is CCCCC=CC[Si](OCC)(OCC)OCC. The van der Waals surface area contributed by atoms with Crippen molar-refractivity contribution in [3.63, 3.8) is 0 Å². The molecule has 0 aromatic carbocycles. The highest BCUT2D eigenvalue weighted by atomic mass is 28.4. The van der Waals surface area contributed by atoms with E-state index in [1.165, 1.54) is 12.8 Å². The van der Waals surface area contributed by atoms with E-state index in [4.69, 9.17) is 13.3 Å². The quantitative estimate of drug-likeness (QED) is 0.321. The molecule has 0 amide bonds. The zero-order valence-electron chi connectivity index (χ0n) is 11.8. The van der Waals surface area contributed by atoms with Crippen molar-refractivity contribution >= 4 is 8.80 Å². The van der Waals surface area contributed by atoms with Crippen LogP contribution in [0.1, 0.15) is 47.0 Å². The Balaban J connectivity index is 4.27. The lowest BCUT2D eigenvalue weighted by Crippen LogP contribution is -2.45. The summed E-state index contributed by atoms with van der Waals surface area (Å²) in [7, 11) is -2.44. The molecule has 102 valence electrons. The summed E-state index contributed by atoms with van der Waals surface area (Å²) >= 11 is 0. The Morgan fingerprint density at radius 1 is 0.824 bits per heavy atom. The minimum atomic E-state index is -2.44. The molecule has 0 aliphatic rings. The van der Waals surface area contributed by atoms with Crippen LogP contribution in [0.3, 0.4) is 0 Å². The Hall–Kier alpha value is -0.163. The summed E-state index contributed by atoms with van der Waals surface area (Å²) in [6.45, 7) is 10.1. The molecule has 0 radical (unpaired) electrons. The molecule has 0 saturated heterocycles. The van der Waals surface area contributed by atoms with Crippen LogP contribution in [0.15, 0.2) is 12.2 Å². The molecular formula is C13H28O3Si. The summed E-state index contributed by atoms with van der Waals surface area (Å²) in [6, 6.07) is 0.784. The van der Waals surface area contributed by atoms with Crippen molar-refractivity contribution in [1.82, 2.24) is 0 Å². The predicted molar refractivity (Wildman–Crippen MR) is 74.1 cm³/mol. The van der Waals surface area contributed by atoms with E-state index in [9.17, 15) is 0 Å². The predicted octanol–water partition coefficient (Wildman–Crippen LogP) is 3.78. The zero-order valence-corrected chi connectivity index (χ0v) is 12.8. The van der Waals surface area contributed by atoms with Gasteiger partial charge < -0.3 is 13.3 Å². The van der Waals surface area contributed by atoms with Gasteiger partial charge in [-0.1, -0.05) is 31.9 Å². The van der Waals surface area contributed by atoms with Crippen LogP contribution in [0.5, 0.6) is 0 Å². The van der Waals surface area contributed by atoms with Crippen LogP contribution in [-0.2, 0) is 13.3 Å². The maximum atomic E-state index is 5.76. The monoisotopic (exact) mass is 260 g/mol. The normalized spacial score (nSPS) is 12.5. The summed E-state index contributed by atoms with van der Waals surface area (Å²) in [5, 5.41) is 0. The first kappa shape index (κ1) is 16.8. The molecule has 0 heterocycles. The first-order valence-electron chi connectivity index (χ1n) is 6.81. The van der Waals surface area contributed by atoms with Gasteiger partial charge in [-0.15, -0.1) is 0 Å². The second kappa shape index (κ2) is 11.0. The minimum absolute atomic E-state index is 0.648. The van der Waals surface area contributed by atoms with Crippen molar-refractivity contribution < 1.29 is 13.3 Å². The Morgan fingerprint density at radius 3 is 1.76 bits per heavy atom. The van der Waals surface area contributed by atoms with E-state index in [0.29, 0.717) is 19.8 Å². The molecule has 4 heteroatoms. The molecule has 0 unspecified atom stereocenters. The maximum Gasteiger partial charge on any atom is 0.504 e. The molecule has 3 nitrogen and oxygen atoms in total. The highest BCUT2D eigenvalue weighted by Gasteiger charge is 2.38. The van der Waals surface area contributed by atoms with Crippen LogP contribution in [0.4, 0.5) is 0 Å². The maximum absolute atomic E-state index is 5.76. The molecule has 0 aliphatic carbocycles. The molecule has 0 bridgehead atoms. The van der Waals surface area contributed by atoms with Crippen molar-refractivity contribution in [3.8, 4) is 0 Å². The topological polar surface area (TPSA) is 27.7 Å². The molecule has 0 fully saturated rings. The van der Waals surface area contributed by atoms with E-state index in [1.54, 1.807) is 0 Å². The largest absolute Gasteiger partial charge is 0.504 e. The second-order valence-electron chi connectivity index (χ2n) is 3.80. The molecule has 0 atom stereocenters. The number of allylic oxidation sites excluding steroid dienone is 2. The molecule has 0 N–H and O–H groups in total. The van der Waals surface area contributed by atoms with Gasteiger partial charge in [0.1, 0.15) is 0 Å². The summed E-state index contributed by atoms with van der Waals surface area (Å²) in [5.74, 6) is 0. The van der Waals surface area contributed by atoms with E-state index in [1.807, 2.05) is 20.8 Å². The van der Waals surface area contributed by atoms with Crippen LogP contribution in [0.2, 0.25) is 6.04 Å². The Morgan fingerprint density at radius 2 is 1.35 bits per heavy atom. The van der Waals surface area contributed by atoms with E-state index >= 15 is 0 Å². The van der Waals surface area contributed by atoms with Gasteiger partial charge in [-0.2, -0.15) is 0 Å². The van der Waals surface area contributed by atoms with Gasteiger partial charge in [-0.25, -0.2) is 0 Å². The second-order valence-corrected chi connectivity index (χ2v) is 6.44. The third-order valence-corrected chi connectivity index (χ3v) is 5.27. The van der Waals surface area contributed by atoms with Gasteiger partial charge in [-0.05, 0) is 27.2 Å². The highest BCUT2D eigenvalue weighted by molar-refractivity contribution is 6.61. The van der Waals surface area contributed by atoms with E-state index in [2.05, 4.69) is 19.1 Å². The van der Waals surface area contributed by atoms with Crippen LogP contribution in [0, 0.1) is 0 Å². The molecule has 17 heavy (non-hydrogen) atoms. The Labute approximate surface area is 108 Å². The Kier molecular flexibility index (Phi) is 10.9. The third kappa shape index (κ3) is 7.71. The van der Waals surface area contributed by atoms with E-state index in [-0.39, 0.29) is 0 Å². The molecule has 0 aromatic heterocycles. The van der Waals surface area contributed by atoms with Crippen LogP contribution in [-0.4, -0.2) is 28.6 Å². The average molecular weight is 260 g/mol. The van der Waals surface area contributed by atoms with Gasteiger partial charge in [0.15, 0.2) is 0 Å². The van der Waals surface area contributed by atoms with Gasteiger partial charge >= 0.3 is 8.80 Å². The van der Waals surface area contributed by atoms with Gasteiger partial charge in [0.25, 0.3) is 0 Å². The average Bonchev–Trinajstić information content (AvgIpc) is 2.30. The number of rotatable bonds is 11. The smallest absolute Gasteiger partial charge is 0.374 e. The van der Waals surface area contributed by atoms with Gasteiger partial charge in [0.2, 0.25) is 0 Å². The van der Waals surface area contributed by atoms with Crippen molar-refractivity contribution in [2.45, 2.75) is 53.0 Å². The summed E-state index contributed by atoms with van der Waals surface area (Å²) in [6.07, 6.45) is 7.97. The fraction of sp³-hybridized carbons (Fsp3) is 0.846. The third-order valence-electron chi connectivity index (χ3n) is 2.35. The Bertz CT molecular complexity index is 178. The van der Waals surface area contributed by atoms with E-state index < -0.39 is 8.80 Å². The van der Waals surface area contributed by atoms with Crippen molar-refractivity contribution in [1.29, 1.82) is 0 Å². The molecule has 0 aromatic rings. The van der Waals surface area contributed by atoms with Gasteiger partial charge in [0.05, 0.1) is 0 Å². The summed E-state index contributed by atoms with van der Waals surface area (Å²) in [5.41, 5.74) is 0. The minimum Gasteiger partial charge on any atom is -0.374 e. The standard InChI is InChI=1S/C13H28O3Si/c1-5-9-10-11-12-13-17(14-6-2,15-7-3)16-8-4/h11-12H,5-10,13H2,1-4H3.